The van der Waals surface area contributed by atoms with Crippen molar-refractivity contribution in [3.63, 3.8) is 0 Å². The van der Waals surface area contributed by atoms with Crippen molar-refractivity contribution in [3.05, 3.63) is 59.7 Å². The average molecular weight is 343 g/mol. The molecule has 0 aliphatic carbocycles. The van der Waals surface area contributed by atoms with Crippen molar-refractivity contribution in [1.82, 2.24) is 5.32 Å². The van der Waals surface area contributed by atoms with Gasteiger partial charge in [-0.2, -0.15) is 0 Å². The maximum absolute atomic E-state index is 12.3. The Morgan fingerprint density at radius 2 is 1.52 bits per heavy atom. The van der Waals surface area contributed by atoms with Crippen LogP contribution in [-0.2, 0) is 4.74 Å². The van der Waals surface area contributed by atoms with E-state index in [-0.39, 0.29) is 12.0 Å². The Bertz CT molecular complexity index is 652. The fourth-order valence-corrected chi connectivity index (χ4v) is 2.38. The van der Waals surface area contributed by atoms with Crippen molar-refractivity contribution in [2.45, 2.75) is 19.4 Å². The van der Waals surface area contributed by atoms with Crippen LogP contribution >= 0.6 is 0 Å². The van der Waals surface area contributed by atoms with Gasteiger partial charge in [0, 0.05) is 18.7 Å². The molecule has 1 N–H and O–H groups in total. The monoisotopic (exact) mass is 343 g/mol. The molecule has 2 aromatic rings. The highest BCUT2D eigenvalue weighted by molar-refractivity contribution is 5.94. The molecule has 2 aromatic carbocycles. The fraction of sp³-hybridized carbons (Fsp3) is 0.350. The molecule has 0 aliphatic heterocycles. The first kappa shape index (κ1) is 18.8. The number of benzene rings is 2. The molecule has 25 heavy (non-hydrogen) atoms. The van der Waals surface area contributed by atoms with Gasteiger partial charge >= 0.3 is 0 Å². The molecule has 0 aromatic heterocycles. The smallest absolute Gasteiger partial charge is 0.251 e. The van der Waals surface area contributed by atoms with Gasteiger partial charge in [-0.3, -0.25) is 4.79 Å². The van der Waals surface area contributed by atoms with E-state index in [9.17, 15) is 4.79 Å². The summed E-state index contributed by atoms with van der Waals surface area (Å²) in [6, 6.07) is 14.7. The van der Waals surface area contributed by atoms with E-state index in [4.69, 9.17) is 14.2 Å². The first-order valence-electron chi connectivity index (χ1n) is 8.35. The molecule has 0 spiro atoms. The van der Waals surface area contributed by atoms with Crippen molar-refractivity contribution in [1.29, 1.82) is 0 Å². The molecule has 134 valence electrons. The molecule has 0 saturated carbocycles. The van der Waals surface area contributed by atoms with Gasteiger partial charge in [-0.25, -0.2) is 0 Å². The van der Waals surface area contributed by atoms with Crippen molar-refractivity contribution >= 4 is 5.91 Å². The van der Waals surface area contributed by atoms with Crippen LogP contribution in [0.25, 0.3) is 0 Å². The van der Waals surface area contributed by atoms with Gasteiger partial charge in [-0.1, -0.05) is 19.1 Å². The summed E-state index contributed by atoms with van der Waals surface area (Å²) in [5, 5.41) is 2.94. The van der Waals surface area contributed by atoms with Gasteiger partial charge in [0.1, 0.15) is 11.5 Å². The predicted octanol–water partition coefficient (Wildman–Crippen LogP) is 3.60. The number of rotatable bonds is 9. The lowest BCUT2D eigenvalue weighted by Gasteiger charge is -2.19. The summed E-state index contributed by atoms with van der Waals surface area (Å²) in [5.74, 6) is 1.38. The Kier molecular flexibility index (Phi) is 7.29. The molecular weight excluding hydrogens is 318 g/mol. The summed E-state index contributed by atoms with van der Waals surface area (Å²) < 4.78 is 16.2. The van der Waals surface area contributed by atoms with Crippen molar-refractivity contribution in [3.8, 4) is 11.5 Å². The second kappa shape index (κ2) is 9.69. The van der Waals surface area contributed by atoms with E-state index in [1.807, 2.05) is 24.3 Å². The second-order valence-corrected chi connectivity index (χ2v) is 5.57. The third-order valence-corrected chi connectivity index (χ3v) is 3.81. The highest BCUT2D eigenvalue weighted by atomic mass is 16.5. The summed E-state index contributed by atoms with van der Waals surface area (Å²) >= 11 is 0. The molecule has 1 atom stereocenters. The SMILES string of the molecule is CCCOC(CNC(=O)c1ccc(OC)cc1)c1ccc(OC)cc1. The molecule has 0 bridgehead atoms. The van der Waals surface area contributed by atoms with E-state index < -0.39 is 0 Å². The molecular formula is C20H25NO4. The lowest BCUT2D eigenvalue weighted by atomic mass is 10.1. The summed E-state index contributed by atoms with van der Waals surface area (Å²) in [4.78, 5) is 12.3. The van der Waals surface area contributed by atoms with E-state index in [1.165, 1.54) is 0 Å². The van der Waals surface area contributed by atoms with Gasteiger partial charge in [-0.15, -0.1) is 0 Å². The predicted molar refractivity (Wildman–Crippen MR) is 97.3 cm³/mol. The number of nitrogens with one attached hydrogen (secondary N) is 1. The number of carbonyl (C=O) groups excluding carboxylic acids is 1. The topological polar surface area (TPSA) is 56.8 Å². The van der Waals surface area contributed by atoms with Crippen molar-refractivity contribution < 1.29 is 19.0 Å². The zero-order chi connectivity index (χ0) is 18.1. The average Bonchev–Trinajstić information content (AvgIpc) is 2.68. The number of methoxy groups -OCH3 is 2. The standard InChI is InChI=1S/C20H25NO4/c1-4-13-25-19(15-5-9-17(23-2)10-6-15)14-21-20(22)16-7-11-18(24-3)12-8-16/h5-12,19H,4,13-14H2,1-3H3,(H,21,22). The quantitative estimate of drug-likeness (QED) is 0.756. The highest BCUT2D eigenvalue weighted by Crippen LogP contribution is 2.21. The maximum Gasteiger partial charge on any atom is 0.251 e. The Hall–Kier alpha value is -2.53. The lowest BCUT2D eigenvalue weighted by Crippen LogP contribution is -2.29. The van der Waals surface area contributed by atoms with Crippen LogP contribution in [0.15, 0.2) is 48.5 Å². The van der Waals surface area contributed by atoms with Gasteiger partial charge in [0.25, 0.3) is 5.91 Å². The second-order valence-electron chi connectivity index (χ2n) is 5.57. The molecule has 1 unspecified atom stereocenters. The number of hydrogen-bond donors (Lipinski definition) is 1. The number of carbonyl (C=O) groups is 1. The minimum atomic E-state index is -0.201. The molecule has 0 heterocycles. The van der Waals surface area contributed by atoms with Crippen LogP contribution in [0.4, 0.5) is 0 Å². The van der Waals surface area contributed by atoms with Crippen LogP contribution in [0.5, 0.6) is 11.5 Å². The minimum Gasteiger partial charge on any atom is -0.497 e. The zero-order valence-electron chi connectivity index (χ0n) is 15.0. The van der Waals surface area contributed by atoms with Crippen LogP contribution in [0, 0.1) is 0 Å². The van der Waals surface area contributed by atoms with E-state index in [0.29, 0.717) is 18.7 Å². The molecule has 5 nitrogen and oxygen atoms in total. The van der Waals surface area contributed by atoms with Gasteiger partial charge in [-0.05, 0) is 48.4 Å². The van der Waals surface area contributed by atoms with E-state index in [2.05, 4.69) is 12.2 Å². The van der Waals surface area contributed by atoms with Crippen LogP contribution in [0.3, 0.4) is 0 Å². The third-order valence-electron chi connectivity index (χ3n) is 3.81. The minimum absolute atomic E-state index is 0.138. The van der Waals surface area contributed by atoms with Crippen LogP contribution in [0.2, 0.25) is 0 Å². The van der Waals surface area contributed by atoms with Crippen molar-refractivity contribution in [2.24, 2.45) is 0 Å². The summed E-state index contributed by atoms with van der Waals surface area (Å²) in [7, 11) is 3.23. The van der Waals surface area contributed by atoms with Gasteiger partial charge in [0.15, 0.2) is 0 Å². The van der Waals surface area contributed by atoms with E-state index in [1.54, 1.807) is 38.5 Å². The number of amides is 1. The molecule has 5 heteroatoms. The Morgan fingerprint density at radius 1 is 0.960 bits per heavy atom. The molecule has 0 fully saturated rings. The summed E-state index contributed by atoms with van der Waals surface area (Å²) in [5.41, 5.74) is 1.59. The largest absolute Gasteiger partial charge is 0.497 e. The number of hydrogen-bond acceptors (Lipinski definition) is 4. The van der Waals surface area contributed by atoms with E-state index in [0.717, 1.165) is 23.5 Å². The van der Waals surface area contributed by atoms with Crippen LogP contribution in [0.1, 0.15) is 35.4 Å². The molecule has 1 amide bonds. The molecule has 0 aliphatic rings. The first-order chi connectivity index (χ1) is 12.2. The third kappa shape index (κ3) is 5.50. The van der Waals surface area contributed by atoms with Crippen LogP contribution in [-0.4, -0.2) is 33.3 Å². The highest BCUT2D eigenvalue weighted by Gasteiger charge is 2.14. The molecule has 0 radical (unpaired) electrons. The van der Waals surface area contributed by atoms with E-state index >= 15 is 0 Å². The molecule has 2 rings (SSSR count). The molecule has 0 saturated heterocycles. The Labute approximate surface area is 148 Å². The van der Waals surface area contributed by atoms with Gasteiger partial charge in [0.05, 0.1) is 20.3 Å². The zero-order valence-corrected chi connectivity index (χ0v) is 15.0. The summed E-state index contributed by atoms with van der Waals surface area (Å²) in [6.07, 6.45) is 0.715. The summed E-state index contributed by atoms with van der Waals surface area (Å²) in [6.45, 7) is 3.09. The first-order valence-corrected chi connectivity index (χ1v) is 8.35. The lowest BCUT2D eigenvalue weighted by molar-refractivity contribution is 0.0506. The van der Waals surface area contributed by atoms with Crippen LogP contribution < -0.4 is 14.8 Å². The van der Waals surface area contributed by atoms with Gasteiger partial charge < -0.3 is 19.5 Å². The fourth-order valence-electron chi connectivity index (χ4n) is 2.38. The van der Waals surface area contributed by atoms with Gasteiger partial charge in [0.2, 0.25) is 0 Å². The number of ether oxygens (including phenoxy) is 3. The Morgan fingerprint density at radius 3 is 2.04 bits per heavy atom. The van der Waals surface area contributed by atoms with Crippen molar-refractivity contribution in [2.75, 3.05) is 27.4 Å². The normalized spacial score (nSPS) is 11.6. The maximum atomic E-state index is 12.3. The Balaban J connectivity index is 2.01.